The van der Waals surface area contributed by atoms with Gasteiger partial charge in [-0.15, -0.1) is 0 Å². The molecular weight excluding hydrogens is 152 g/mol. The third kappa shape index (κ3) is 3.74. The number of ether oxygens (including phenoxy) is 1. The number of rotatable bonds is 2. The van der Waals surface area contributed by atoms with Crippen LogP contribution in [-0.4, -0.2) is 13.1 Å². The monoisotopic (exact) mass is 172 g/mol. The Morgan fingerprint density at radius 1 is 1.17 bits per heavy atom. The van der Waals surface area contributed by atoms with Gasteiger partial charge < -0.3 is 4.74 Å². The van der Waals surface area contributed by atoms with Gasteiger partial charge in [0, 0.05) is 0 Å². The predicted octanol–water partition coefficient (Wildman–Crippen LogP) is 2.62. The van der Waals surface area contributed by atoms with Gasteiger partial charge in [0.2, 0.25) is 0 Å². The average molecular weight is 172 g/mol. The summed E-state index contributed by atoms with van der Waals surface area (Å²) in [6, 6.07) is 0. The summed E-state index contributed by atoms with van der Waals surface area (Å²) < 4.78 is 4.72. The van der Waals surface area contributed by atoms with Crippen molar-refractivity contribution >= 4 is 5.97 Å². The summed E-state index contributed by atoms with van der Waals surface area (Å²) in [5, 5.41) is 0. The molecule has 0 fully saturated rings. The van der Waals surface area contributed by atoms with Crippen molar-refractivity contribution in [3.8, 4) is 0 Å². The Morgan fingerprint density at radius 3 is 1.83 bits per heavy atom. The molecule has 0 unspecified atom stereocenters. The molecule has 2 nitrogen and oxygen atoms in total. The van der Waals surface area contributed by atoms with E-state index in [4.69, 9.17) is 4.74 Å². The lowest BCUT2D eigenvalue weighted by atomic mass is 9.76. The van der Waals surface area contributed by atoms with Gasteiger partial charge in [0.05, 0.1) is 12.5 Å². The minimum atomic E-state index is -0.368. The normalized spacial score (nSPS) is 12.8. The standard InChI is InChI=1S/C10H20O2/c1-9(2,3)7-10(4,5)8(11)12-6/h7H2,1-6H3. The van der Waals surface area contributed by atoms with Gasteiger partial charge in [0.15, 0.2) is 0 Å². The molecule has 2 heteroatoms. The van der Waals surface area contributed by atoms with Crippen molar-refractivity contribution in [2.45, 2.75) is 41.0 Å². The van der Waals surface area contributed by atoms with Crippen LogP contribution < -0.4 is 0 Å². The predicted molar refractivity (Wildman–Crippen MR) is 49.9 cm³/mol. The van der Waals surface area contributed by atoms with Crippen molar-refractivity contribution < 1.29 is 9.53 Å². The van der Waals surface area contributed by atoms with E-state index in [2.05, 4.69) is 20.8 Å². The maximum absolute atomic E-state index is 11.3. The smallest absolute Gasteiger partial charge is 0.311 e. The Labute approximate surface area is 75.3 Å². The van der Waals surface area contributed by atoms with Crippen LogP contribution in [0.15, 0.2) is 0 Å². The summed E-state index contributed by atoms with van der Waals surface area (Å²) in [7, 11) is 1.44. The highest BCUT2D eigenvalue weighted by Crippen LogP contribution is 2.33. The van der Waals surface area contributed by atoms with Crippen molar-refractivity contribution in [3.63, 3.8) is 0 Å². The van der Waals surface area contributed by atoms with Gasteiger partial charge in [-0.1, -0.05) is 20.8 Å². The fraction of sp³-hybridized carbons (Fsp3) is 0.900. The molecule has 0 heterocycles. The molecule has 12 heavy (non-hydrogen) atoms. The maximum atomic E-state index is 11.3. The molecule has 0 radical (unpaired) electrons. The lowest BCUT2D eigenvalue weighted by Crippen LogP contribution is -2.30. The number of methoxy groups -OCH3 is 1. The van der Waals surface area contributed by atoms with Crippen LogP contribution in [0.1, 0.15) is 41.0 Å². The van der Waals surface area contributed by atoms with Crippen LogP contribution >= 0.6 is 0 Å². The average Bonchev–Trinajstić information content (AvgIpc) is 1.80. The van der Waals surface area contributed by atoms with Crippen LogP contribution in [0.3, 0.4) is 0 Å². The summed E-state index contributed by atoms with van der Waals surface area (Å²) in [6.45, 7) is 10.2. The van der Waals surface area contributed by atoms with Gasteiger partial charge in [0.1, 0.15) is 0 Å². The molecule has 0 aromatic rings. The zero-order valence-corrected chi connectivity index (χ0v) is 9.02. The summed E-state index contributed by atoms with van der Waals surface area (Å²) >= 11 is 0. The maximum Gasteiger partial charge on any atom is 0.311 e. The zero-order chi connectivity index (χ0) is 9.99. The Morgan fingerprint density at radius 2 is 1.58 bits per heavy atom. The van der Waals surface area contributed by atoms with Gasteiger partial charge in [-0.25, -0.2) is 0 Å². The molecule has 0 aromatic heterocycles. The Balaban J connectivity index is 4.32. The lowest BCUT2D eigenvalue weighted by molar-refractivity contribution is -0.152. The second-order valence-electron chi connectivity index (χ2n) is 5.11. The second-order valence-corrected chi connectivity index (χ2v) is 5.11. The molecule has 0 aliphatic heterocycles. The molecule has 0 atom stereocenters. The van der Waals surface area contributed by atoms with Gasteiger partial charge in [0.25, 0.3) is 0 Å². The summed E-state index contributed by atoms with van der Waals surface area (Å²) in [4.78, 5) is 11.3. The van der Waals surface area contributed by atoms with E-state index in [1.165, 1.54) is 7.11 Å². The van der Waals surface area contributed by atoms with E-state index >= 15 is 0 Å². The summed E-state index contributed by atoms with van der Waals surface area (Å²) in [6.07, 6.45) is 0.840. The minimum Gasteiger partial charge on any atom is -0.469 e. The minimum absolute atomic E-state index is 0.127. The van der Waals surface area contributed by atoms with Gasteiger partial charge in [-0.3, -0.25) is 4.79 Å². The first-order valence-corrected chi connectivity index (χ1v) is 4.27. The summed E-state index contributed by atoms with van der Waals surface area (Å²) in [5.74, 6) is -0.127. The van der Waals surface area contributed by atoms with E-state index in [0.717, 1.165) is 6.42 Å². The third-order valence-corrected chi connectivity index (χ3v) is 1.71. The molecular formula is C10H20O2. The zero-order valence-electron chi connectivity index (χ0n) is 9.02. The molecule has 0 N–H and O–H groups in total. The van der Waals surface area contributed by atoms with Gasteiger partial charge in [-0.05, 0) is 25.7 Å². The molecule has 0 saturated carbocycles. The highest BCUT2D eigenvalue weighted by molar-refractivity contribution is 5.75. The number of carbonyl (C=O) groups is 1. The first-order valence-electron chi connectivity index (χ1n) is 4.27. The number of hydrogen-bond donors (Lipinski definition) is 0. The fourth-order valence-electron chi connectivity index (χ4n) is 1.67. The quantitative estimate of drug-likeness (QED) is 0.598. The van der Waals surface area contributed by atoms with Crippen molar-refractivity contribution in [3.05, 3.63) is 0 Å². The van der Waals surface area contributed by atoms with Crippen LogP contribution in [0.2, 0.25) is 0 Å². The van der Waals surface area contributed by atoms with Crippen LogP contribution in [0.25, 0.3) is 0 Å². The van der Waals surface area contributed by atoms with Crippen molar-refractivity contribution in [2.24, 2.45) is 10.8 Å². The van der Waals surface area contributed by atoms with Crippen molar-refractivity contribution in [1.29, 1.82) is 0 Å². The molecule has 0 aromatic carbocycles. The Hall–Kier alpha value is -0.530. The molecule has 0 rings (SSSR count). The second kappa shape index (κ2) is 3.46. The van der Waals surface area contributed by atoms with Crippen LogP contribution in [0, 0.1) is 10.8 Å². The van der Waals surface area contributed by atoms with E-state index in [1.807, 2.05) is 13.8 Å². The molecule has 0 aliphatic rings. The van der Waals surface area contributed by atoms with Crippen molar-refractivity contribution in [1.82, 2.24) is 0 Å². The van der Waals surface area contributed by atoms with E-state index in [9.17, 15) is 4.79 Å². The van der Waals surface area contributed by atoms with Gasteiger partial charge >= 0.3 is 5.97 Å². The van der Waals surface area contributed by atoms with E-state index in [-0.39, 0.29) is 16.8 Å². The molecule has 72 valence electrons. The number of hydrogen-bond acceptors (Lipinski definition) is 2. The van der Waals surface area contributed by atoms with Crippen LogP contribution in [0.5, 0.6) is 0 Å². The third-order valence-electron chi connectivity index (χ3n) is 1.71. The van der Waals surface area contributed by atoms with Crippen molar-refractivity contribution in [2.75, 3.05) is 7.11 Å². The van der Waals surface area contributed by atoms with E-state index < -0.39 is 0 Å². The SMILES string of the molecule is COC(=O)C(C)(C)CC(C)(C)C. The van der Waals surface area contributed by atoms with E-state index in [1.54, 1.807) is 0 Å². The number of esters is 1. The highest BCUT2D eigenvalue weighted by Gasteiger charge is 2.33. The van der Waals surface area contributed by atoms with Crippen LogP contribution in [-0.2, 0) is 9.53 Å². The largest absolute Gasteiger partial charge is 0.469 e. The topological polar surface area (TPSA) is 26.3 Å². The molecule has 0 bridgehead atoms. The van der Waals surface area contributed by atoms with E-state index in [0.29, 0.717) is 0 Å². The van der Waals surface area contributed by atoms with Gasteiger partial charge in [-0.2, -0.15) is 0 Å². The first kappa shape index (κ1) is 11.5. The molecule has 0 saturated heterocycles. The lowest BCUT2D eigenvalue weighted by Gasteiger charge is -2.29. The van der Waals surface area contributed by atoms with Crippen LogP contribution in [0.4, 0.5) is 0 Å². The summed E-state index contributed by atoms with van der Waals surface area (Å²) in [5.41, 5.74) is -0.204. The fourth-order valence-corrected chi connectivity index (χ4v) is 1.67. The Bertz CT molecular complexity index is 163. The molecule has 0 aliphatic carbocycles. The molecule has 0 spiro atoms. The number of carbonyl (C=O) groups excluding carboxylic acids is 1. The highest BCUT2D eigenvalue weighted by atomic mass is 16.5. The first-order chi connectivity index (χ1) is 5.19. The Kier molecular flexibility index (Phi) is 3.31. The molecule has 0 amide bonds.